The number of aliphatic hydroxyl groups excluding tert-OH is 1. The van der Waals surface area contributed by atoms with E-state index in [2.05, 4.69) is 16.5 Å². The topological polar surface area (TPSA) is 71.9 Å². The molecule has 1 aliphatic rings. The fraction of sp³-hybridized carbons (Fsp3) is 0.333. The van der Waals surface area contributed by atoms with Gasteiger partial charge in [-0.3, -0.25) is 4.79 Å². The standard InChI is InChI=1S/C18H22N2O4/c1-3-5-17(16(12-21)14(2)22)24-13-15-6-4-7-19-18(15)20-8-10-23-11-9-20/h3-7,12,22H,1,8-11,13H2,2H3/b16-14+,17-5+. The molecule has 0 radical (unpaired) electrons. The van der Waals surface area contributed by atoms with E-state index in [9.17, 15) is 9.90 Å². The van der Waals surface area contributed by atoms with E-state index in [1.165, 1.54) is 13.0 Å². The second kappa shape index (κ2) is 8.88. The third-order valence-corrected chi connectivity index (χ3v) is 3.60. The van der Waals surface area contributed by atoms with Gasteiger partial charge in [-0.25, -0.2) is 4.98 Å². The van der Waals surface area contributed by atoms with Gasteiger partial charge in [0.25, 0.3) is 0 Å². The minimum absolute atomic E-state index is 0.0994. The number of carbonyl (C=O) groups excluding carboxylic acids is 1. The smallest absolute Gasteiger partial charge is 0.157 e. The molecule has 0 aromatic carbocycles. The second-order valence-corrected chi connectivity index (χ2v) is 5.26. The Labute approximate surface area is 141 Å². The lowest BCUT2D eigenvalue weighted by Gasteiger charge is -2.29. The van der Waals surface area contributed by atoms with Crippen molar-refractivity contribution in [2.45, 2.75) is 13.5 Å². The summed E-state index contributed by atoms with van der Waals surface area (Å²) >= 11 is 0. The Morgan fingerprint density at radius 3 is 2.88 bits per heavy atom. The number of allylic oxidation sites excluding steroid dienone is 4. The van der Waals surface area contributed by atoms with Crippen LogP contribution in [0.25, 0.3) is 0 Å². The maximum Gasteiger partial charge on any atom is 0.157 e. The molecule has 6 heteroatoms. The Kier molecular flexibility index (Phi) is 6.57. The molecule has 1 saturated heterocycles. The second-order valence-electron chi connectivity index (χ2n) is 5.26. The van der Waals surface area contributed by atoms with Crippen molar-refractivity contribution in [3.63, 3.8) is 0 Å². The van der Waals surface area contributed by atoms with Gasteiger partial charge >= 0.3 is 0 Å². The van der Waals surface area contributed by atoms with Crippen molar-refractivity contribution < 1.29 is 19.4 Å². The van der Waals surface area contributed by atoms with Crippen molar-refractivity contribution in [1.29, 1.82) is 0 Å². The first-order valence-electron chi connectivity index (χ1n) is 7.75. The molecular weight excluding hydrogens is 308 g/mol. The predicted molar refractivity (Wildman–Crippen MR) is 91.7 cm³/mol. The molecule has 128 valence electrons. The van der Waals surface area contributed by atoms with Crippen molar-refractivity contribution in [2.75, 3.05) is 31.2 Å². The molecule has 1 aromatic heterocycles. The number of aromatic nitrogens is 1. The van der Waals surface area contributed by atoms with Crippen molar-refractivity contribution >= 4 is 12.1 Å². The molecule has 1 aliphatic heterocycles. The average molecular weight is 330 g/mol. The highest BCUT2D eigenvalue weighted by Gasteiger charge is 2.17. The molecule has 0 bridgehead atoms. The van der Waals surface area contributed by atoms with Gasteiger partial charge in [0.15, 0.2) is 6.29 Å². The van der Waals surface area contributed by atoms with Crippen LogP contribution in [-0.4, -0.2) is 42.7 Å². The van der Waals surface area contributed by atoms with Gasteiger partial charge in [0.1, 0.15) is 23.9 Å². The number of rotatable bonds is 7. The third kappa shape index (κ3) is 4.45. The zero-order valence-corrected chi connectivity index (χ0v) is 13.8. The zero-order valence-electron chi connectivity index (χ0n) is 13.8. The number of pyridine rings is 1. The Hall–Kier alpha value is -2.60. The number of aliphatic hydroxyl groups is 1. The molecule has 0 aliphatic carbocycles. The molecule has 0 saturated carbocycles. The number of hydrogen-bond donors (Lipinski definition) is 1. The van der Waals surface area contributed by atoms with Gasteiger partial charge in [-0.05, 0) is 19.1 Å². The lowest BCUT2D eigenvalue weighted by Crippen LogP contribution is -2.37. The maximum absolute atomic E-state index is 11.2. The van der Waals surface area contributed by atoms with E-state index in [0.29, 0.717) is 19.5 Å². The van der Waals surface area contributed by atoms with E-state index < -0.39 is 0 Å². The van der Waals surface area contributed by atoms with Crippen molar-refractivity contribution in [2.24, 2.45) is 0 Å². The average Bonchev–Trinajstić information content (AvgIpc) is 2.61. The highest BCUT2D eigenvalue weighted by molar-refractivity contribution is 5.79. The number of morpholine rings is 1. The maximum atomic E-state index is 11.2. The van der Waals surface area contributed by atoms with Crippen LogP contribution in [0.15, 0.2) is 54.2 Å². The van der Waals surface area contributed by atoms with Gasteiger partial charge in [-0.2, -0.15) is 0 Å². The quantitative estimate of drug-likeness (QED) is 0.358. The SMILES string of the molecule is C=C/C=C(OCc1cccnc1N1CCOCC1)\C(C=O)=C(/C)O. The van der Waals surface area contributed by atoms with E-state index in [1.54, 1.807) is 12.3 Å². The van der Waals surface area contributed by atoms with Crippen LogP contribution in [0.1, 0.15) is 12.5 Å². The molecule has 0 unspecified atom stereocenters. The molecular formula is C18H22N2O4. The molecule has 2 heterocycles. The zero-order chi connectivity index (χ0) is 17.4. The number of aldehydes is 1. The number of ether oxygens (including phenoxy) is 2. The first-order chi connectivity index (χ1) is 11.7. The molecule has 0 spiro atoms. The van der Waals surface area contributed by atoms with Crippen LogP contribution < -0.4 is 4.90 Å². The molecule has 0 atom stereocenters. The Morgan fingerprint density at radius 2 is 2.25 bits per heavy atom. The molecule has 0 amide bonds. The van der Waals surface area contributed by atoms with Crippen LogP contribution in [0.2, 0.25) is 0 Å². The summed E-state index contributed by atoms with van der Waals surface area (Å²) in [6.45, 7) is 8.15. The predicted octanol–water partition coefficient (Wildman–Crippen LogP) is 2.54. The van der Waals surface area contributed by atoms with Crippen LogP contribution >= 0.6 is 0 Å². The lowest BCUT2D eigenvalue weighted by atomic mass is 10.2. The Balaban J connectivity index is 2.18. The fourth-order valence-corrected chi connectivity index (χ4v) is 2.40. The highest BCUT2D eigenvalue weighted by atomic mass is 16.5. The summed E-state index contributed by atoms with van der Waals surface area (Å²) in [7, 11) is 0. The molecule has 1 fully saturated rings. The molecule has 24 heavy (non-hydrogen) atoms. The van der Waals surface area contributed by atoms with Crippen LogP contribution in [0.3, 0.4) is 0 Å². The third-order valence-electron chi connectivity index (χ3n) is 3.60. The minimum Gasteiger partial charge on any atom is -0.512 e. The van der Waals surface area contributed by atoms with Crippen LogP contribution in [0.4, 0.5) is 5.82 Å². The van der Waals surface area contributed by atoms with Crippen LogP contribution in [-0.2, 0) is 20.9 Å². The number of hydrogen-bond acceptors (Lipinski definition) is 6. The van der Waals surface area contributed by atoms with Gasteiger partial charge in [0.2, 0.25) is 0 Å². The summed E-state index contributed by atoms with van der Waals surface area (Å²) in [4.78, 5) is 17.8. The fourth-order valence-electron chi connectivity index (χ4n) is 2.40. The normalized spacial score (nSPS) is 16.4. The Bertz CT molecular complexity index is 642. The first kappa shape index (κ1) is 17.7. The lowest BCUT2D eigenvalue weighted by molar-refractivity contribution is -0.105. The molecule has 2 rings (SSSR count). The largest absolute Gasteiger partial charge is 0.512 e. The Morgan fingerprint density at radius 1 is 1.50 bits per heavy atom. The summed E-state index contributed by atoms with van der Waals surface area (Å²) in [5.74, 6) is 1.02. The summed E-state index contributed by atoms with van der Waals surface area (Å²) in [6, 6.07) is 3.77. The number of nitrogens with zero attached hydrogens (tertiary/aromatic N) is 2. The minimum atomic E-state index is -0.0994. The van der Waals surface area contributed by atoms with Crippen LogP contribution in [0.5, 0.6) is 0 Å². The van der Waals surface area contributed by atoms with Crippen LogP contribution in [0, 0.1) is 0 Å². The molecule has 6 nitrogen and oxygen atoms in total. The monoisotopic (exact) mass is 330 g/mol. The number of anilines is 1. The van der Waals surface area contributed by atoms with Gasteiger partial charge in [-0.15, -0.1) is 0 Å². The van der Waals surface area contributed by atoms with Crippen molar-refractivity contribution in [3.8, 4) is 0 Å². The first-order valence-corrected chi connectivity index (χ1v) is 7.75. The van der Waals surface area contributed by atoms with E-state index in [0.717, 1.165) is 24.5 Å². The summed E-state index contributed by atoms with van der Waals surface area (Å²) in [5.41, 5.74) is 1.00. The van der Waals surface area contributed by atoms with E-state index in [-0.39, 0.29) is 23.7 Å². The van der Waals surface area contributed by atoms with Gasteiger partial charge in [0, 0.05) is 24.8 Å². The summed E-state index contributed by atoms with van der Waals surface area (Å²) in [6.07, 6.45) is 5.36. The van der Waals surface area contributed by atoms with E-state index in [4.69, 9.17) is 9.47 Å². The van der Waals surface area contributed by atoms with E-state index in [1.807, 2.05) is 12.1 Å². The molecule has 1 aromatic rings. The summed E-state index contributed by atoms with van der Waals surface area (Å²) < 4.78 is 11.1. The van der Waals surface area contributed by atoms with Crippen molar-refractivity contribution in [1.82, 2.24) is 4.98 Å². The van der Waals surface area contributed by atoms with Gasteiger partial charge in [-0.1, -0.05) is 18.7 Å². The molecule has 1 N–H and O–H groups in total. The van der Waals surface area contributed by atoms with Gasteiger partial charge < -0.3 is 19.5 Å². The van der Waals surface area contributed by atoms with E-state index >= 15 is 0 Å². The van der Waals surface area contributed by atoms with Crippen molar-refractivity contribution in [3.05, 3.63) is 59.7 Å². The summed E-state index contributed by atoms with van der Waals surface area (Å²) in [5, 5.41) is 9.62. The highest BCUT2D eigenvalue weighted by Crippen LogP contribution is 2.22. The number of carbonyl (C=O) groups is 1. The van der Waals surface area contributed by atoms with Gasteiger partial charge in [0.05, 0.1) is 18.8 Å².